The summed E-state index contributed by atoms with van der Waals surface area (Å²) in [6.07, 6.45) is -7.63. The molecule has 0 aliphatic heterocycles. The van der Waals surface area contributed by atoms with Crippen LogP contribution < -0.4 is 10.5 Å². The number of alkyl halides is 6. The van der Waals surface area contributed by atoms with Gasteiger partial charge in [-0.2, -0.15) is 36.3 Å². The Hall–Kier alpha value is -2.21. The first kappa shape index (κ1) is 20.8. The van der Waals surface area contributed by atoms with E-state index in [1.165, 1.54) is 6.07 Å². The standard InChI is InChI=1S/C12H9F6N5O.ClH/c13-11(14,15)5-24-10-22-7(2-19)1-8(23-10)6-3-20-9(21-4-6)12(16,17)18;/h1,3-4H,2,5,19H2;1H. The fourth-order valence-corrected chi connectivity index (χ4v) is 1.54. The lowest BCUT2D eigenvalue weighted by Gasteiger charge is -2.10. The van der Waals surface area contributed by atoms with Gasteiger partial charge in [-0.3, -0.25) is 0 Å². The molecule has 0 saturated heterocycles. The zero-order chi connectivity index (χ0) is 18.0. The van der Waals surface area contributed by atoms with E-state index in [1.807, 2.05) is 0 Å². The summed E-state index contributed by atoms with van der Waals surface area (Å²) >= 11 is 0. The fourth-order valence-electron chi connectivity index (χ4n) is 1.54. The lowest BCUT2D eigenvalue weighted by atomic mass is 10.2. The molecule has 0 spiro atoms. The molecule has 0 unspecified atom stereocenters. The van der Waals surface area contributed by atoms with E-state index in [0.29, 0.717) is 0 Å². The molecule has 0 saturated carbocycles. The molecular weight excluding hydrogens is 380 g/mol. The molecule has 0 bridgehead atoms. The minimum absolute atomic E-state index is 0. The topological polar surface area (TPSA) is 86.8 Å². The van der Waals surface area contributed by atoms with Crippen LogP contribution in [0.2, 0.25) is 0 Å². The van der Waals surface area contributed by atoms with Gasteiger partial charge in [-0.15, -0.1) is 12.4 Å². The van der Waals surface area contributed by atoms with Crippen LogP contribution in [-0.2, 0) is 12.7 Å². The lowest BCUT2D eigenvalue weighted by molar-refractivity contribution is -0.154. The lowest BCUT2D eigenvalue weighted by Crippen LogP contribution is -2.20. The Morgan fingerprint density at radius 1 is 1.00 bits per heavy atom. The first-order valence-electron chi connectivity index (χ1n) is 6.25. The van der Waals surface area contributed by atoms with Gasteiger partial charge in [0.15, 0.2) is 6.61 Å². The second kappa shape index (κ2) is 7.78. The zero-order valence-electron chi connectivity index (χ0n) is 12.1. The van der Waals surface area contributed by atoms with Crippen LogP contribution >= 0.6 is 12.4 Å². The molecule has 25 heavy (non-hydrogen) atoms. The molecule has 2 heterocycles. The summed E-state index contributed by atoms with van der Waals surface area (Å²) in [4.78, 5) is 13.7. The van der Waals surface area contributed by atoms with Crippen LogP contribution in [0.1, 0.15) is 11.5 Å². The number of halogens is 7. The van der Waals surface area contributed by atoms with E-state index < -0.39 is 30.8 Å². The highest BCUT2D eigenvalue weighted by Gasteiger charge is 2.34. The monoisotopic (exact) mass is 389 g/mol. The van der Waals surface area contributed by atoms with Crippen molar-refractivity contribution in [3.63, 3.8) is 0 Å². The maximum atomic E-state index is 12.4. The fraction of sp³-hybridized carbons (Fsp3) is 0.333. The van der Waals surface area contributed by atoms with Gasteiger partial charge in [0.25, 0.3) is 0 Å². The van der Waals surface area contributed by atoms with Crippen LogP contribution in [0.4, 0.5) is 26.3 Å². The van der Waals surface area contributed by atoms with Crippen molar-refractivity contribution in [2.75, 3.05) is 6.61 Å². The van der Waals surface area contributed by atoms with E-state index in [2.05, 4.69) is 24.7 Å². The Labute approximate surface area is 142 Å². The number of rotatable bonds is 4. The van der Waals surface area contributed by atoms with Crippen molar-refractivity contribution in [1.29, 1.82) is 0 Å². The normalized spacial score (nSPS) is 11.8. The number of hydrogen-bond donors (Lipinski definition) is 1. The molecule has 0 aliphatic carbocycles. The molecule has 2 aromatic rings. The van der Waals surface area contributed by atoms with Gasteiger partial charge < -0.3 is 10.5 Å². The maximum absolute atomic E-state index is 12.4. The van der Waals surface area contributed by atoms with Crippen molar-refractivity contribution in [3.05, 3.63) is 30.0 Å². The van der Waals surface area contributed by atoms with E-state index in [4.69, 9.17) is 5.73 Å². The molecule has 13 heteroatoms. The second-order valence-electron chi connectivity index (χ2n) is 4.43. The predicted molar refractivity (Wildman–Crippen MR) is 74.7 cm³/mol. The molecule has 0 radical (unpaired) electrons. The highest BCUT2D eigenvalue weighted by Crippen LogP contribution is 2.27. The third-order valence-corrected chi connectivity index (χ3v) is 2.53. The van der Waals surface area contributed by atoms with Crippen molar-refractivity contribution < 1.29 is 31.1 Å². The average molecular weight is 390 g/mol. The average Bonchev–Trinajstić information content (AvgIpc) is 2.51. The minimum Gasteiger partial charge on any atom is -0.454 e. The van der Waals surface area contributed by atoms with E-state index in [1.54, 1.807) is 0 Å². The second-order valence-corrected chi connectivity index (χ2v) is 4.43. The Morgan fingerprint density at radius 3 is 2.08 bits per heavy atom. The van der Waals surface area contributed by atoms with Crippen LogP contribution in [-0.4, -0.2) is 32.7 Å². The molecule has 0 aliphatic rings. The van der Waals surface area contributed by atoms with Crippen LogP contribution in [0.15, 0.2) is 18.5 Å². The Bertz CT molecular complexity index is 707. The quantitative estimate of drug-likeness (QED) is 0.809. The highest BCUT2D eigenvalue weighted by molar-refractivity contribution is 5.85. The third kappa shape index (κ3) is 5.98. The van der Waals surface area contributed by atoms with Crippen LogP contribution in [0, 0.1) is 0 Å². The zero-order valence-corrected chi connectivity index (χ0v) is 12.9. The van der Waals surface area contributed by atoms with E-state index in [0.717, 1.165) is 12.4 Å². The minimum atomic E-state index is -4.71. The van der Waals surface area contributed by atoms with Crippen LogP contribution in [0.3, 0.4) is 0 Å². The van der Waals surface area contributed by atoms with Crippen molar-refractivity contribution >= 4 is 12.4 Å². The number of nitrogens with zero attached hydrogens (tertiary/aromatic N) is 4. The number of nitrogens with two attached hydrogens (primary N) is 1. The van der Waals surface area contributed by atoms with Crippen molar-refractivity contribution in [1.82, 2.24) is 19.9 Å². The van der Waals surface area contributed by atoms with Gasteiger partial charge >= 0.3 is 18.4 Å². The van der Waals surface area contributed by atoms with Gasteiger partial charge in [0.1, 0.15) is 0 Å². The molecule has 0 aromatic carbocycles. The van der Waals surface area contributed by atoms with Crippen molar-refractivity contribution in [3.8, 4) is 17.3 Å². The van der Waals surface area contributed by atoms with Gasteiger partial charge in [-0.25, -0.2) is 9.97 Å². The SMILES string of the molecule is Cl.NCc1cc(-c2cnc(C(F)(F)F)nc2)nc(OCC(F)(F)F)n1. The summed E-state index contributed by atoms with van der Waals surface area (Å²) in [5.41, 5.74) is 5.54. The molecule has 2 rings (SSSR count). The number of aromatic nitrogens is 4. The van der Waals surface area contributed by atoms with Gasteiger partial charge in [-0.1, -0.05) is 0 Å². The van der Waals surface area contributed by atoms with Gasteiger partial charge in [0.05, 0.1) is 11.4 Å². The van der Waals surface area contributed by atoms with E-state index in [9.17, 15) is 26.3 Å². The smallest absolute Gasteiger partial charge is 0.451 e. The molecule has 6 nitrogen and oxygen atoms in total. The number of hydrogen-bond acceptors (Lipinski definition) is 6. The van der Waals surface area contributed by atoms with Crippen molar-refractivity contribution in [2.45, 2.75) is 18.9 Å². The summed E-state index contributed by atoms with van der Waals surface area (Å²) in [6, 6.07) is 0.678. The Kier molecular flexibility index (Phi) is 6.48. The van der Waals surface area contributed by atoms with Crippen molar-refractivity contribution in [2.24, 2.45) is 5.73 Å². The summed E-state index contributed by atoms with van der Waals surface area (Å²) in [5, 5.41) is 0. The van der Waals surface area contributed by atoms with Gasteiger partial charge in [0, 0.05) is 24.5 Å². The molecule has 0 fully saturated rings. The van der Waals surface area contributed by atoms with Gasteiger partial charge in [-0.05, 0) is 6.07 Å². The van der Waals surface area contributed by atoms with Crippen LogP contribution in [0.5, 0.6) is 6.01 Å². The molecule has 0 atom stereocenters. The molecule has 0 amide bonds. The first-order chi connectivity index (χ1) is 11.1. The van der Waals surface area contributed by atoms with Crippen LogP contribution in [0.25, 0.3) is 11.3 Å². The highest BCUT2D eigenvalue weighted by atomic mass is 35.5. The summed E-state index contributed by atoms with van der Waals surface area (Å²) in [5.74, 6) is -1.35. The van der Waals surface area contributed by atoms with Gasteiger partial charge in [0.2, 0.25) is 5.82 Å². The molecule has 2 aromatic heterocycles. The van der Waals surface area contributed by atoms with E-state index in [-0.39, 0.29) is 35.9 Å². The summed E-state index contributed by atoms with van der Waals surface area (Å²) < 4.78 is 78.2. The maximum Gasteiger partial charge on any atom is 0.451 e. The third-order valence-electron chi connectivity index (χ3n) is 2.53. The summed E-state index contributed by atoms with van der Waals surface area (Å²) in [6.45, 7) is -1.76. The van der Waals surface area contributed by atoms with E-state index >= 15 is 0 Å². The largest absolute Gasteiger partial charge is 0.454 e. The predicted octanol–water partition coefficient (Wildman–Crippen LogP) is 2.77. The molecule has 138 valence electrons. The molecule has 2 N–H and O–H groups in total. The number of ether oxygens (including phenoxy) is 1. The Balaban J connectivity index is 0.00000312. The molecular formula is C12H10ClF6N5O. The Morgan fingerprint density at radius 2 is 1.60 bits per heavy atom. The summed E-state index contributed by atoms with van der Waals surface area (Å²) in [7, 11) is 0. The first-order valence-corrected chi connectivity index (χ1v) is 6.25.